The van der Waals surface area contributed by atoms with E-state index >= 15 is 0 Å². The topological polar surface area (TPSA) is 42.0 Å². The lowest BCUT2D eigenvalue weighted by Crippen LogP contribution is -2.31. The van der Waals surface area contributed by atoms with E-state index in [2.05, 4.69) is 10.3 Å². The number of halogens is 1. The quantitative estimate of drug-likeness (QED) is 0.867. The highest BCUT2D eigenvalue weighted by Crippen LogP contribution is 2.60. The Hall–Kier alpha value is -1.45. The van der Waals surface area contributed by atoms with Crippen LogP contribution in [0, 0.1) is 17.2 Å². The zero-order chi connectivity index (χ0) is 11.9. The monoisotopic (exact) mass is 234 g/mol. The van der Waals surface area contributed by atoms with Crippen LogP contribution in [-0.2, 0) is 0 Å². The van der Waals surface area contributed by atoms with E-state index in [4.69, 9.17) is 0 Å². The van der Waals surface area contributed by atoms with Gasteiger partial charge in [-0.05, 0) is 43.1 Å². The number of pyridine rings is 1. The van der Waals surface area contributed by atoms with Crippen molar-refractivity contribution in [2.24, 2.45) is 11.3 Å². The second kappa shape index (κ2) is 3.79. The molecule has 1 amide bonds. The zero-order valence-electron chi connectivity index (χ0n) is 9.58. The third-order valence-electron chi connectivity index (χ3n) is 3.95. The molecule has 0 saturated heterocycles. The van der Waals surface area contributed by atoms with Crippen molar-refractivity contribution in [2.45, 2.75) is 25.7 Å². The number of hydrogen-bond acceptors (Lipinski definition) is 2. The van der Waals surface area contributed by atoms with Crippen LogP contribution < -0.4 is 5.32 Å². The van der Waals surface area contributed by atoms with Crippen molar-refractivity contribution < 1.29 is 9.18 Å². The van der Waals surface area contributed by atoms with Crippen LogP contribution >= 0.6 is 0 Å². The minimum absolute atomic E-state index is 0.0894. The lowest BCUT2D eigenvalue weighted by Gasteiger charge is -2.14. The molecule has 0 spiro atoms. The van der Waals surface area contributed by atoms with Crippen LogP contribution in [0.25, 0.3) is 0 Å². The van der Waals surface area contributed by atoms with Gasteiger partial charge >= 0.3 is 0 Å². The summed E-state index contributed by atoms with van der Waals surface area (Å²) in [5, 5.41) is 2.86. The number of aromatic nitrogens is 1. The number of carbonyl (C=O) groups excluding carboxylic acids is 1. The Morgan fingerprint density at radius 1 is 1.53 bits per heavy atom. The van der Waals surface area contributed by atoms with Crippen molar-refractivity contribution in [1.29, 1.82) is 0 Å². The van der Waals surface area contributed by atoms with Crippen LogP contribution in [0.5, 0.6) is 0 Å². The first-order chi connectivity index (χ1) is 8.21. The smallest absolute Gasteiger partial charge is 0.254 e. The SMILES string of the molecule is O=C(NCC1(C2CC2)CC1)c1ccncc1F. The van der Waals surface area contributed by atoms with Crippen molar-refractivity contribution in [3.05, 3.63) is 29.8 Å². The molecule has 1 aromatic rings. The highest BCUT2D eigenvalue weighted by Gasteiger charge is 2.53. The van der Waals surface area contributed by atoms with Crippen LogP contribution in [0.1, 0.15) is 36.0 Å². The minimum atomic E-state index is -0.554. The molecule has 17 heavy (non-hydrogen) atoms. The maximum absolute atomic E-state index is 13.3. The van der Waals surface area contributed by atoms with Crippen molar-refractivity contribution in [3.63, 3.8) is 0 Å². The maximum Gasteiger partial charge on any atom is 0.254 e. The van der Waals surface area contributed by atoms with E-state index in [1.165, 1.54) is 37.9 Å². The molecular weight excluding hydrogens is 219 g/mol. The average Bonchev–Trinajstić information content (AvgIpc) is 3.17. The molecule has 0 atom stereocenters. The number of rotatable bonds is 4. The summed E-state index contributed by atoms with van der Waals surface area (Å²) in [5.74, 6) is -0.0804. The van der Waals surface area contributed by atoms with Gasteiger partial charge in [-0.2, -0.15) is 0 Å². The first kappa shape index (κ1) is 10.7. The van der Waals surface area contributed by atoms with E-state index in [9.17, 15) is 9.18 Å². The molecule has 3 nitrogen and oxygen atoms in total. The molecule has 0 aromatic carbocycles. The molecule has 4 heteroatoms. The molecule has 0 aliphatic heterocycles. The number of nitrogens with one attached hydrogen (secondary N) is 1. The van der Waals surface area contributed by atoms with E-state index in [1.54, 1.807) is 0 Å². The van der Waals surface area contributed by atoms with E-state index in [0.29, 0.717) is 12.0 Å². The lowest BCUT2D eigenvalue weighted by molar-refractivity contribution is 0.0938. The molecule has 0 radical (unpaired) electrons. The van der Waals surface area contributed by atoms with Gasteiger partial charge in [0, 0.05) is 12.7 Å². The Morgan fingerprint density at radius 2 is 2.29 bits per heavy atom. The summed E-state index contributed by atoms with van der Waals surface area (Å²) < 4.78 is 13.3. The third kappa shape index (κ3) is 2.04. The van der Waals surface area contributed by atoms with Crippen LogP contribution in [0.2, 0.25) is 0 Å². The van der Waals surface area contributed by atoms with Gasteiger partial charge in [0.25, 0.3) is 5.91 Å². The standard InChI is InChI=1S/C13H15FN2O/c14-11-7-15-6-3-10(11)12(17)16-8-13(4-5-13)9-1-2-9/h3,6-7,9H,1-2,4-5,8H2,(H,16,17). The summed E-state index contributed by atoms with van der Waals surface area (Å²) in [4.78, 5) is 15.4. The Bertz CT molecular complexity index is 452. The van der Waals surface area contributed by atoms with E-state index in [-0.39, 0.29) is 11.5 Å². The molecule has 90 valence electrons. The number of nitrogens with zero attached hydrogens (tertiary/aromatic N) is 1. The molecule has 2 saturated carbocycles. The fourth-order valence-corrected chi connectivity index (χ4v) is 2.50. The van der Waals surface area contributed by atoms with Gasteiger partial charge in [-0.25, -0.2) is 4.39 Å². The summed E-state index contributed by atoms with van der Waals surface area (Å²) in [6, 6.07) is 1.42. The molecule has 0 unspecified atom stereocenters. The molecule has 1 N–H and O–H groups in total. The van der Waals surface area contributed by atoms with Gasteiger partial charge in [-0.1, -0.05) is 0 Å². The predicted octanol–water partition coefficient (Wildman–Crippen LogP) is 2.14. The zero-order valence-corrected chi connectivity index (χ0v) is 9.58. The van der Waals surface area contributed by atoms with Crippen molar-refractivity contribution in [2.75, 3.05) is 6.54 Å². The fourth-order valence-electron chi connectivity index (χ4n) is 2.50. The number of carbonyl (C=O) groups is 1. The first-order valence-corrected chi connectivity index (χ1v) is 6.09. The van der Waals surface area contributed by atoms with Gasteiger partial charge in [0.15, 0.2) is 5.82 Å². The molecule has 0 bridgehead atoms. The fraction of sp³-hybridized carbons (Fsp3) is 0.538. The molecule has 1 aromatic heterocycles. The van der Waals surface area contributed by atoms with Crippen LogP contribution in [0.3, 0.4) is 0 Å². The molecule has 2 aliphatic rings. The van der Waals surface area contributed by atoms with Crippen LogP contribution in [0.4, 0.5) is 4.39 Å². The Morgan fingerprint density at radius 3 is 2.88 bits per heavy atom. The highest BCUT2D eigenvalue weighted by atomic mass is 19.1. The summed E-state index contributed by atoms with van der Waals surface area (Å²) >= 11 is 0. The predicted molar refractivity (Wildman–Crippen MR) is 60.9 cm³/mol. The minimum Gasteiger partial charge on any atom is -0.351 e. The summed E-state index contributed by atoms with van der Waals surface area (Å²) in [6.07, 6.45) is 7.50. The Labute approximate surface area is 99.4 Å². The number of hydrogen-bond donors (Lipinski definition) is 1. The van der Waals surface area contributed by atoms with Crippen molar-refractivity contribution in [1.82, 2.24) is 10.3 Å². The summed E-state index contributed by atoms with van der Waals surface area (Å²) in [6.45, 7) is 0.693. The highest BCUT2D eigenvalue weighted by molar-refractivity contribution is 5.94. The molecule has 3 rings (SSSR count). The van der Waals surface area contributed by atoms with Crippen molar-refractivity contribution in [3.8, 4) is 0 Å². The Balaban J connectivity index is 1.62. The second-order valence-electron chi connectivity index (χ2n) is 5.17. The lowest BCUT2D eigenvalue weighted by atomic mass is 10.0. The summed E-state index contributed by atoms with van der Waals surface area (Å²) in [5.41, 5.74) is 0.436. The summed E-state index contributed by atoms with van der Waals surface area (Å²) in [7, 11) is 0. The molecular formula is C13H15FN2O. The van der Waals surface area contributed by atoms with E-state index in [0.717, 1.165) is 12.1 Å². The van der Waals surface area contributed by atoms with Crippen LogP contribution in [0.15, 0.2) is 18.5 Å². The number of amides is 1. The first-order valence-electron chi connectivity index (χ1n) is 6.09. The van der Waals surface area contributed by atoms with Crippen LogP contribution in [-0.4, -0.2) is 17.4 Å². The van der Waals surface area contributed by atoms with Gasteiger partial charge < -0.3 is 5.32 Å². The second-order valence-corrected chi connectivity index (χ2v) is 5.17. The van der Waals surface area contributed by atoms with Gasteiger partial charge in [0.1, 0.15) is 0 Å². The Kier molecular flexibility index (Phi) is 2.38. The molecule has 1 heterocycles. The molecule has 2 fully saturated rings. The van der Waals surface area contributed by atoms with Crippen molar-refractivity contribution >= 4 is 5.91 Å². The van der Waals surface area contributed by atoms with Gasteiger partial charge in [0.05, 0.1) is 11.8 Å². The maximum atomic E-state index is 13.3. The average molecular weight is 234 g/mol. The normalized spacial score (nSPS) is 21.0. The third-order valence-corrected chi connectivity index (χ3v) is 3.95. The van der Waals surface area contributed by atoms with E-state index < -0.39 is 5.82 Å². The van der Waals surface area contributed by atoms with Gasteiger partial charge in [-0.15, -0.1) is 0 Å². The molecule has 2 aliphatic carbocycles. The van der Waals surface area contributed by atoms with Gasteiger partial charge in [0.2, 0.25) is 0 Å². The largest absolute Gasteiger partial charge is 0.351 e. The van der Waals surface area contributed by atoms with E-state index in [1.807, 2.05) is 0 Å². The van der Waals surface area contributed by atoms with Gasteiger partial charge in [-0.3, -0.25) is 9.78 Å².